The summed E-state index contributed by atoms with van der Waals surface area (Å²) in [6.45, 7) is 4.59. The van der Waals surface area contributed by atoms with Crippen LogP contribution < -0.4 is 163 Å². The first-order valence-electron chi connectivity index (χ1n) is 13.2. The Bertz CT molecular complexity index is 2720. The first-order valence-corrected chi connectivity index (χ1v) is 35.1. The van der Waals surface area contributed by atoms with Crippen molar-refractivity contribution in [3.63, 3.8) is 0 Å². The zero-order valence-electron chi connectivity index (χ0n) is 39.9. The van der Waals surface area contributed by atoms with E-state index in [-0.39, 0.29) is 137 Å². The molecule has 434 valence electrons. The predicted octanol–water partition coefficient (Wildman–Crippen LogP) is -17.1. The van der Waals surface area contributed by atoms with E-state index < -0.39 is 139 Å². The van der Waals surface area contributed by atoms with Crippen molar-refractivity contribution in [2.24, 2.45) is 0 Å². The number of carbonyl (C=O) groups excluding carboxylic acids is 1. The molecule has 0 bridgehead atoms. The molecule has 0 aliphatic heterocycles. The fourth-order valence-electron chi connectivity index (χ4n) is 1.42. The van der Waals surface area contributed by atoms with Crippen LogP contribution in [-0.4, -0.2) is 102 Å². The molecule has 0 saturated heterocycles. The Balaban J connectivity index is -0.0000000448. The second-order valence-electron chi connectivity index (χ2n) is 9.08. The van der Waals surface area contributed by atoms with Gasteiger partial charge >= 0.3 is 218 Å². The minimum atomic E-state index is -6.00. The van der Waals surface area contributed by atoms with Crippen LogP contribution in [0.5, 0.6) is 0 Å². The summed E-state index contributed by atoms with van der Waals surface area (Å²) in [5.41, 5.74) is 0. The summed E-state index contributed by atoms with van der Waals surface area (Å²) in [7, 11) is -72.0. The van der Waals surface area contributed by atoms with Crippen LogP contribution in [0.1, 0.15) is 0 Å². The van der Waals surface area contributed by atoms with Gasteiger partial charge in [-0.2, -0.15) is 25.3 Å². The second kappa shape index (κ2) is 49.8. The SMILES string of the molecule is C#COP(=O)(F)NS(=O)(=O)F.C=CCOP(=O)(F)NS(=O)(=O)F.C=O.CS(=O)(=O)NP(=O)(F)F.CS(=O)(=O)NP(=O)(F)F.CS(=O)(=O)NP(=O)(F)F.O=P(F)(F)NS(=O)(=O)CO.O=P(F)(F)NS(=O)(=O)F.[Li+].[Li+].[Li+].[Li+].[Li+].[Li+].[Li+]. The van der Waals surface area contributed by atoms with Gasteiger partial charge < -0.3 is 14.4 Å². The Hall–Kier alpha value is 2.80. The van der Waals surface area contributed by atoms with E-state index in [1.54, 1.807) is 0 Å². The molecule has 32 nitrogen and oxygen atoms in total. The van der Waals surface area contributed by atoms with Crippen molar-refractivity contribution in [2.45, 2.75) is 0 Å². The van der Waals surface area contributed by atoms with Crippen molar-refractivity contribution in [3.05, 3.63) is 12.7 Å². The molecular weight excluding hydrogens is 1390 g/mol. The molecule has 2 unspecified atom stereocenters. The van der Waals surface area contributed by atoms with Crippen molar-refractivity contribution in [2.75, 3.05) is 31.3 Å². The average Bonchev–Trinajstić information content (AvgIpc) is 2.92. The first kappa shape index (κ1) is 119. The quantitative estimate of drug-likeness (QED) is 0.0149. The largest absolute Gasteiger partial charge is 1.00 e. The number of nitrogens with one attached hydrogen (secondary N) is 7. The Labute approximate surface area is 519 Å². The third-order valence-electron chi connectivity index (χ3n) is 2.41. The zero-order chi connectivity index (χ0) is 60.2. The van der Waals surface area contributed by atoms with Crippen LogP contribution in [0.2, 0.25) is 0 Å². The molecule has 78 heavy (non-hydrogen) atoms. The van der Waals surface area contributed by atoms with Crippen LogP contribution in [0.3, 0.4) is 0 Å². The van der Waals surface area contributed by atoms with Gasteiger partial charge in [-0.25, -0.2) is 65.6 Å². The maximum atomic E-state index is 12.3. The number of hydrogen-bond acceptors (Lipinski definition) is 25. The average molecular weight is 1420 g/mol. The van der Waals surface area contributed by atoms with Gasteiger partial charge in [0.15, 0.2) is 5.94 Å². The molecule has 0 aromatic rings. The smallest absolute Gasteiger partial charge is 0.379 e. The van der Waals surface area contributed by atoms with Crippen molar-refractivity contribution in [1.82, 2.24) is 31.4 Å². The maximum absolute atomic E-state index is 12.3. The van der Waals surface area contributed by atoms with E-state index in [0.717, 1.165) is 12.2 Å². The van der Waals surface area contributed by atoms with Gasteiger partial charge in [0, 0.05) is 0 Å². The van der Waals surface area contributed by atoms with E-state index in [9.17, 15) is 148 Å². The van der Waals surface area contributed by atoms with Gasteiger partial charge in [-0.15, -0.1) is 74.9 Å². The van der Waals surface area contributed by atoms with Crippen LogP contribution in [0, 0.1) is 12.5 Å². The third-order valence-corrected chi connectivity index (χ3v) is 17.3. The number of carbonyl (C=O) groups is 1. The molecule has 8 N–H and O–H groups in total. The predicted molar refractivity (Wildman–Crippen MR) is 212 cm³/mol. The van der Waals surface area contributed by atoms with Crippen molar-refractivity contribution < 1.29 is 304 Å². The normalized spacial score (nSPS) is 13.0. The Morgan fingerprint density at radius 3 is 0.756 bits per heavy atom. The summed E-state index contributed by atoms with van der Waals surface area (Å²) < 4.78 is 385. The topological polar surface area (TPSA) is 498 Å². The Morgan fingerprint density at radius 2 is 0.654 bits per heavy atom. The molecule has 0 heterocycles. The summed E-state index contributed by atoms with van der Waals surface area (Å²) >= 11 is 0. The molecule has 0 aromatic carbocycles. The second-order valence-corrected chi connectivity index (χ2v) is 29.9. The Morgan fingerprint density at radius 1 is 0.449 bits per heavy atom. The van der Waals surface area contributed by atoms with Gasteiger partial charge in [-0.05, 0) is 0 Å². The fraction of sp³-hybridized carbons (Fsp3) is 0.500. The van der Waals surface area contributed by atoms with Crippen LogP contribution in [-0.2, 0) is 117 Å². The molecule has 0 aromatic heterocycles. The molecule has 0 saturated carbocycles. The van der Waals surface area contributed by atoms with Gasteiger partial charge in [0.1, 0.15) is 12.9 Å². The maximum Gasteiger partial charge on any atom is 1.00 e. The van der Waals surface area contributed by atoms with Crippen LogP contribution in [0.4, 0.5) is 62.0 Å². The van der Waals surface area contributed by atoms with Crippen molar-refractivity contribution in [1.29, 1.82) is 0 Å². The van der Waals surface area contributed by atoms with Gasteiger partial charge in [0.2, 0.25) is 40.1 Å². The minimum absolute atomic E-state index is 0. The van der Waals surface area contributed by atoms with Gasteiger partial charge in [0.25, 0.3) is 0 Å². The minimum Gasteiger partial charge on any atom is -0.379 e. The molecule has 0 radical (unpaired) electrons. The van der Waals surface area contributed by atoms with E-state index >= 15 is 0 Å². The summed E-state index contributed by atoms with van der Waals surface area (Å²) in [6.07, 6.45) is 7.91. The monoisotopic (exact) mass is 1420 g/mol. The van der Waals surface area contributed by atoms with Crippen molar-refractivity contribution in [3.8, 4) is 12.5 Å². The number of rotatable bonds is 19. The molecule has 0 aliphatic carbocycles. The first-order chi connectivity index (χ1) is 30.1. The summed E-state index contributed by atoms with van der Waals surface area (Å²) in [5.74, 6) is -1.51. The Kier molecular flexibility index (Phi) is 75.8. The molecule has 0 spiro atoms. The third kappa shape index (κ3) is 148. The van der Waals surface area contributed by atoms with Crippen LogP contribution in [0.15, 0.2) is 12.7 Å². The summed E-state index contributed by atoms with van der Waals surface area (Å²) in [5, 5.41) is 7.85. The number of aliphatic hydroxyl groups excluding tert-OH is 1. The molecule has 68 heteroatoms. The standard InChI is InChI=1S/C3H6F2NO4PS.C2H2F2NO4PS.CH4F2NO4PS.3CH4F2NO3PS.CH2O.F3HNO3PS.7Li/c1-2-3-10-11(4,7)6-12(5,8)9;1-2-9-10(3,6)5-11(4,7)8;2-9(3,6)4-10(7,8)1-5;3*1-9(6,7)4-8(2,3)5;1-2;1-8(2,5)4-9(3,6)7;;;;;;;/h2H,1,3H2,(H,6,7);1H,(H,5,6);5H,1H2,(H,4,6);3*1H3,(H,4,5);1H2;(H,4,5);;;;;;;/q;;;;;;;;7*+1. The van der Waals surface area contributed by atoms with E-state index in [2.05, 4.69) is 22.0 Å². The van der Waals surface area contributed by atoms with Crippen LogP contribution in [0.25, 0.3) is 0 Å². The number of sulfonamides is 4. The molecule has 0 rings (SSSR count). The summed E-state index contributed by atoms with van der Waals surface area (Å²) in [4.78, 5) is 8.00. The van der Waals surface area contributed by atoms with Gasteiger partial charge in [0.05, 0.1) is 25.4 Å². The molecule has 0 aliphatic rings. The number of halogens is 15. The number of aliphatic hydroxyl groups is 1. The molecule has 0 amide bonds. The summed E-state index contributed by atoms with van der Waals surface area (Å²) in [6, 6.07) is 0. The van der Waals surface area contributed by atoms with Crippen molar-refractivity contribution >= 4 is 133 Å². The van der Waals surface area contributed by atoms with Gasteiger partial charge in [-0.1, -0.05) is 37.6 Å². The fourth-order valence-corrected chi connectivity index (χ4v) is 11.5. The van der Waals surface area contributed by atoms with Gasteiger partial charge in [-0.3, -0.25) is 4.52 Å². The molecule has 2 atom stereocenters. The van der Waals surface area contributed by atoms with E-state index in [4.69, 9.17) is 14.5 Å². The number of hydrogen-bond donors (Lipinski definition) is 8. The number of terminal acetylenes is 1. The van der Waals surface area contributed by atoms with E-state index in [1.165, 1.54) is 0 Å². The van der Waals surface area contributed by atoms with Crippen LogP contribution >= 0.6 is 55.2 Å². The van der Waals surface area contributed by atoms with E-state index in [1.807, 2.05) is 6.79 Å². The molecule has 0 fully saturated rings. The molecular formula is C10H27F15Li7N7O25P7S7+7. The van der Waals surface area contributed by atoms with E-state index in [0.29, 0.717) is 45.7 Å². The zero-order valence-corrected chi connectivity index (χ0v) is 51.9.